The van der Waals surface area contributed by atoms with Crippen molar-refractivity contribution in [1.29, 1.82) is 0 Å². The number of amides is 2. The van der Waals surface area contributed by atoms with E-state index in [1.54, 1.807) is 11.3 Å². The summed E-state index contributed by atoms with van der Waals surface area (Å²) in [6, 6.07) is 4.96. The van der Waals surface area contributed by atoms with E-state index in [-0.39, 0.29) is 6.03 Å². The highest BCUT2D eigenvalue weighted by Gasteiger charge is 2.28. The highest BCUT2D eigenvalue weighted by molar-refractivity contribution is 7.09. The Labute approximate surface area is 136 Å². The molecule has 1 saturated heterocycles. The van der Waals surface area contributed by atoms with Crippen molar-refractivity contribution >= 4 is 17.4 Å². The molecule has 0 spiro atoms. The average molecular weight is 322 g/mol. The van der Waals surface area contributed by atoms with Crippen LogP contribution in [0.25, 0.3) is 0 Å². The van der Waals surface area contributed by atoms with Crippen LogP contribution in [0.4, 0.5) is 4.79 Å². The van der Waals surface area contributed by atoms with Gasteiger partial charge in [-0.1, -0.05) is 25.3 Å². The summed E-state index contributed by atoms with van der Waals surface area (Å²) in [4.78, 5) is 16.1. The first kappa shape index (κ1) is 15.8. The number of rotatable bonds is 4. The van der Waals surface area contributed by atoms with Crippen LogP contribution in [-0.4, -0.2) is 36.2 Å². The lowest BCUT2D eigenvalue weighted by Gasteiger charge is -2.35. The summed E-state index contributed by atoms with van der Waals surface area (Å²) in [6.45, 7) is 2.26. The molecule has 0 aromatic carbocycles. The quantitative estimate of drug-likeness (QED) is 0.917. The Morgan fingerprint density at radius 3 is 2.68 bits per heavy atom. The van der Waals surface area contributed by atoms with E-state index >= 15 is 0 Å². The summed E-state index contributed by atoms with van der Waals surface area (Å²) >= 11 is 1.73. The molecule has 0 bridgehead atoms. The van der Waals surface area contributed by atoms with Crippen molar-refractivity contribution in [3.8, 4) is 0 Å². The summed E-state index contributed by atoms with van der Waals surface area (Å²) in [5.74, 6) is 0. The Morgan fingerprint density at radius 1 is 1.23 bits per heavy atom. The minimum absolute atomic E-state index is 0.118. The van der Waals surface area contributed by atoms with E-state index in [4.69, 9.17) is 4.74 Å². The van der Waals surface area contributed by atoms with Crippen LogP contribution < -0.4 is 5.32 Å². The molecule has 4 nitrogen and oxygen atoms in total. The Morgan fingerprint density at radius 2 is 2.00 bits per heavy atom. The van der Waals surface area contributed by atoms with Gasteiger partial charge in [-0.05, 0) is 37.1 Å². The maximum atomic E-state index is 12.8. The number of carbonyl (C=O) groups is 1. The van der Waals surface area contributed by atoms with Crippen molar-refractivity contribution in [1.82, 2.24) is 10.2 Å². The first-order valence-corrected chi connectivity index (χ1v) is 9.38. The first-order valence-electron chi connectivity index (χ1n) is 8.50. The first-order chi connectivity index (χ1) is 10.8. The lowest BCUT2D eigenvalue weighted by Crippen LogP contribution is -2.50. The number of thiophene rings is 1. The monoisotopic (exact) mass is 322 g/mol. The predicted octanol–water partition coefficient (Wildman–Crippen LogP) is 3.77. The Kier molecular flexibility index (Phi) is 5.73. The van der Waals surface area contributed by atoms with Crippen LogP contribution in [0.2, 0.25) is 0 Å². The Bertz CT molecular complexity index is 451. The van der Waals surface area contributed by atoms with Gasteiger partial charge < -0.3 is 15.0 Å². The normalized spacial score (nSPS) is 20.7. The smallest absolute Gasteiger partial charge is 0.318 e. The van der Waals surface area contributed by atoms with E-state index in [9.17, 15) is 4.79 Å². The molecule has 2 heterocycles. The molecule has 0 atom stereocenters. The molecule has 0 radical (unpaired) electrons. The molecule has 5 heteroatoms. The fraction of sp³-hybridized carbons (Fsp3) is 0.706. The van der Waals surface area contributed by atoms with Gasteiger partial charge >= 0.3 is 6.03 Å². The molecule has 1 aliphatic heterocycles. The molecule has 2 fully saturated rings. The second-order valence-electron chi connectivity index (χ2n) is 6.34. The molecule has 22 heavy (non-hydrogen) atoms. The highest BCUT2D eigenvalue weighted by Crippen LogP contribution is 2.22. The topological polar surface area (TPSA) is 41.6 Å². The second-order valence-corrected chi connectivity index (χ2v) is 7.37. The van der Waals surface area contributed by atoms with Gasteiger partial charge in [0.1, 0.15) is 0 Å². The minimum atomic E-state index is 0.118. The Hall–Kier alpha value is -1.07. The van der Waals surface area contributed by atoms with Crippen molar-refractivity contribution in [3.05, 3.63) is 22.4 Å². The fourth-order valence-corrected chi connectivity index (χ4v) is 4.14. The molecule has 1 saturated carbocycles. The maximum absolute atomic E-state index is 12.8. The molecule has 1 aromatic heterocycles. The number of carbonyl (C=O) groups excluding carboxylic acids is 1. The maximum Gasteiger partial charge on any atom is 0.318 e. The van der Waals surface area contributed by atoms with Crippen LogP contribution in [0.3, 0.4) is 0 Å². The van der Waals surface area contributed by atoms with Gasteiger partial charge in [-0.25, -0.2) is 4.79 Å². The molecule has 0 unspecified atom stereocenters. The summed E-state index contributed by atoms with van der Waals surface area (Å²) in [5, 5.41) is 5.36. The highest BCUT2D eigenvalue weighted by atomic mass is 32.1. The van der Waals surface area contributed by atoms with E-state index in [0.717, 1.165) is 45.4 Å². The molecule has 2 aliphatic rings. The summed E-state index contributed by atoms with van der Waals surface area (Å²) < 4.78 is 5.46. The van der Waals surface area contributed by atoms with E-state index in [0.29, 0.717) is 12.1 Å². The number of hydrogen-bond donors (Lipinski definition) is 1. The molecule has 122 valence electrons. The second kappa shape index (κ2) is 7.97. The molecule has 1 N–H and O–H groups in total. The van der Waals surface area contributed by atoms with Gasteiger partial charge in [0.05, 0.1) is 6.54 Å². The Balaban J connectivity index is 1.64. The predicted molar refractivity (Wildman–Crippen MR) is 89.1 cm³/mol. The van der Waals surface area contributed by atoms with E-state index in [1.165, 1.54) is 24.1 Å². The number of nitrogens with zero attached hydrogens (tertiary/aromatic N) is 1. The lowest BCUT2D eigenvalue weighted by molar-refractivity contribution is 0.0432. The van der Waals surface area contributed by atoms with Gasteiger partial charge in [0, 0.05) is 30.2 Å². The summed E-state index contributed by atoms with van der Waals surface area (Å²) in [7, 11) is 0. The van der Waals surface area contributed by atoms with Gasteiger partial charge in [0.25, 0.3) is 0 Å². The molecular formula is C17H26N2O2S. The van der Waals surface area contributed by atoms with E-state index < -0.39 is 0 Å². The number of ether oxygens (including phenoxy) is 1. The van der Waals surface area contributed by atoms with Gasteiger partial charge in [-0.15, -0.1) is 11.3 Å². The lowest BCUT2D eigenvalue weighted by atomic mass is 9.95. The van der Waals surface area contributed by atoms with Crippen molar-refractivity contribution in [2.75, 3.05) is 13.2 Å². The average Bonchev–Trinajstić information content (AvgIpc) is 3.07. The molecule has 2 amide bonds. The minimum Gasteiger partial charge on any atom is -0.381 e. The van der Waals surface area contributed by atoms with E-state index in [1.807, 2.05) is 4.90 Å². The van der Waals surface area contributed by atoms with Crippen molar-refractivity contribution in [2.45, 2.75) is 63.6 Å². The third-order valence-corrected chi connectivity index (χ3v) is 5.59. The van der Waals surface area contributed by atoms with Crippen LogP contribution in [0, 0.1) is 0 Å². The zero-order valence-electron chi connectivity index (χ0n) is 13.1. The molecule has 1 aliphatic carbocycles. The molecule has 1 aromatic rings. The molecular weight excluding hydrogens is 296 g/mol. The number of hydrogen-bond acceptors (Lipinski definition) is 3. The fourth-order valence-electron chi connectivity index (χ4n) is 3.44. The van der Waals surface area contributed by atoms with Crippen LogP contribution >= 0.6 is 11.3 Å². The van der Waals surface area contributed by atoms with Crippen LogP contribution in [0.1, 0.15) is 49.8 Å². The number of urea groups is 1. The van der Waals surface area contributed by atoms with Crippen LogP contribution in [-0.2, 0) is 11.3 Å². The van der Waals surface area contributed by atoms with Crippen LogP contribution in [0.15, 0.2) is 17.5 Å². The van der Waals surface area contributed by atoms with Crippen molar-refractivity contribution in [2.24, 2.45) is 0 Å². The SMILES string of the molecule is O=C(NC1CCCCC1)N(Cc1cccs1)C1CCOCC1. The van der Waals surface area contributed by atoms with Crippen molar-refractivity contribution < 1.29 is 9.53 Å². The van der Waals surface area contributed by atoms with Gasteiger partial charge in [-0.3, -0.25) is 0 Å². The largest absolute Gasteiger partial charge is 0.381 e. The van der Waals surface area contributed by atoms with Gasteiger partial charge in [0.15, 0.2) is 0 Å². The van der Waals surface area contributed by atoms with Crippen LogP contribution in [0.5, 0.6) is 0 Å². The third kappa shape index (κ3) is 4.23. The zero-order valence-corrected chi connectivity index (χ0v) is 13.9. The van der Waals surface area contributed by atoms with Gasteiger partial charge in [-0.2, -0.15) is 0 Å². The summed E-state index contributed by atoms with van der Waals surface area (Å²) in [5.41, 5.74) is 0. The molecule has 3 rings (SSSR count). The summed E-state index contributed by atoms with van der Waals surface area (Å²) in [6.07, 6.45) is 7.96. The third-order valence-electron chi connectivity index (χ3n) is 4.73. The zero-order chi connectivity index (χ0) is 15.2. The standard InChI is InChI=1S/C17H26N2O2S/c20-17(18-14-5-2-1-3-6-14)19(13-16-7-4-12-22-16)15-8-10-21-11-9-15/h4,7,12,14-15H,1-3,5-6,8-11,13H2,(H,18,20). The van der Waals surface area contributed by atoms with Gasteiger partial charge in [0.2, 0.25) is 0 Å². The number of nitrogens with one attached hydrogen (secondary N) is 1. The van der Waals surface area contributed by atoms with Crippen molar-refractivity contribution in [3.63, 3.8) is 0 Å². The van der Waals surface area contributed by atoms with E-state index in [2.05, 4.69) is 22.8 Å².